The molecule has 1 aromatic heterocycles. The van der Waals surface area contributed by atoms with Crippen molar-refractivity contribution in [2.45, 2.75) is 19.9 Å². The number of pyridine rings is 1. The molecular formula is C25H24N2O2. The fraction of sp³-hybridized carbons (Fsp3) is 0.160. The van der Waals surface area contributed by atoms with Gasteiger partial charge in [0.05, 0.1) is 12.5 Å². The molecule has 0 radical (unpaired) electrons. The summed E-state index contributed by atoms with van der Waals surface area (Å²) in [5, 5.41) is 5.11. The number of aromatic nitrogens is 1. The number of rotatable bonds is 6. The van der Waals surface area contributed by atoms with Crippen molar-refractivity contribution < 1.29 is 4.74 Å². The van der Waals surface area contributed by atoms with Crippen molar-refractivity contribution in [3.05, 3.63) is 100 Å². The molecule has 0 saturated carbocycles. The van der Waals surface area contributed by atoms with Crippen molar-refractivity contribution in [2.24, 2.45) is 0 Å². The third-order valence-corrected chi connectivity index (χ3v) is 5.14. The zero-order valence-electron chi connectivity index (χ0n) is 16.7. The van der Waals surface area contributed by atoms with Crippen LogP contribution >= 0.6 is 0 Å². The zero-order valence-corrected chi connectivity index (χ0v) is 16.7. The van der Waals surface area contributed by atoms with Gasteiger partial charge in [-0.1, -0.05) is 49.4 Å². The third kappa shape index (κ3) is 3.74. The van der Waals surface area contributed by atoms with Crippen molar-refractivity contribution in [1.82, 2.24) is 4.57 Å². The van der Waals surface area contributed by atoms with Crippen LogP contribution in [-0.2, 0) is 13.0 Å². The highest BCUT2D eigenvalue weighted by atomic mass is 16.5. The molecular weight excluding hydrogens is 360 g/mol. The SMILES string of the molecule is CCc1cc2cccc(NCc3ccc(OC)cc3)c2c(=O)n1-c1ccccc1. The van der Waals surface area contributed by atoms with Gasteiger partial charge in [0.15, 0.2) is 0 Å². The lowest BCUT2D eigenvalue weighted by Crippen LogP contribution is -2.22. The minimum Gasteiger partial charge on any atom is -0.497 e. The second-order valence-electron chi connectivity index (χ2n) is 6.94. The van der Waals surface area contributed by atoms with E-state index in [1.54, 1.807) is 7.11 Å². The van der Waals surface area contributed by atoms with Crippen LogP contribution in [0.5, 0.6) is 5.75 Å². The predicted octanol–water partition coefficient (Wildman–Crippen LogP) is 5.17. The summed E-state index contributed by atoms with van der Waals surface area (Å²) in [6.45, 7) is 2.70. The Morgan fingerprint density at radius 2 is 1.69 bits per heavy atom. The number of hydrogen-bond acceptors (Lipinski definition) is 3. The molecule has 4 rings (SSSR count). The highest BCUT2D eigenvalue weighted by Crippen LogP contribution is 2.24. The monoisotopic (exact) mass is 384 g/mol. The Morgan fingerprint density at radius 1 is 0.931 bits per heavy atom. The number of methoxy groups -OCH3 is 1. The maximum Gasteiger partial charge on any atom is 0.265 e. The number of hydrogen-bond donors (Lipinski definition) is 1. The lowest BCUT2D eigenvalue weighted by atomic mass is 10.1. The maximum absolute atomic E-state index is 13.5. The molecule has 4 nitrogen and oxygen atoms in total. The molecule has 0 unspecified atom stereocenters. The molecule has 0 bridgehead atoms. The second-order valence-corrected chi connectivity index (χ2v) is 6.94. The molecule has 0 amide bonds. The molecule has 0 spiro atoms. The topological polar surface area (TPSA) is 43.3 Å². The van der Waals surface area contributed by atoms with E-state index in [4.69, 9.17) is 4.74 Å². The lowest BCUT2D eigenvalue weighted by molar-refractivity contribution is 0.414. The van der Waals surface area contributed by atoms with Gasteiger partial charge in [0, 0.05) is 23.6 Å². The highest BCUT2D eigenvalue weighted by Gasteiger charge is 2.13. The van der Waals surface area contributed by atoms with Crippen molar-refractivity contribution in [3.8, 4) is 11.4 Å². The Hall–Kier alpha value is -3.53. The van der Waals surface area contributed by atoms with Crippen molar-refractivity contribution in [2.75, 3.05) is 12.4 Å². The van der Waals surface area contributed by atoms with E-state index in [0.29, 0.717) is 11.9 Å². The van der Waals surface area contributed by atoms with Crippen LogP contribution in [0.1, 0.15) is 18.2 Å². The Labute approximate surface area is 170 Å². The summed E-state index contributed by atoms with van der Waals surface area (Å²) >= 11 is 0. The summed E-state index contributed by atoms with van der Waals surface area (Å²) in [4.78, 5) is 13.5. The number of anilines is 1. The Balaban J connectivity index is 1.77. The van der Waals surface area contributed by atoms with Gasteiger partial charge in [-0.25, -0.2) is 0 Å². The van der Waals surface area contributed by atoms with Gasteiger partial charge < -0.3 is 10.1 Å². The average molecular weight is 384 g/mol. The normalized spacial score (nSPS) is 10.8. The molecule has 3 aromatic carbocycles. The van der Waals surface area contributed by atoms with Gasteiger partial charge in [-0.3, -0.25) is 9.36 Å². The lowest BCUT2D eigenvalue weighted by Gasteiger charge is -2.16. The summed E-state index contributed by atoms with van der Waals surface area (Å²) in [5.74, 6) is 0.830. The molecule has 29 heavy (non-hydrogen) atoms. The van der Waals surface area contributed by atoms with Crippen LogP contribution in [0.3, 0.4) is 0 Å². The number of ether oxygens (including phenoxy) is 1. The number of nitrogens with zero attached hydrogens (tertiary/aromatic N) is 1. The standard InChI is InChI=1S/C25H24N2O2/c1-3-20-16-19-8-7-11-23(26-17-18-12-14-22(29-2)15-13-18)24(19)25(28)27(20)21-9-5-4-6-10-21/h4-16,26H,3,17H2,1-2H3. The number of para-hydroxylation sites is 1. The molecule has 0 aliphatic rings. The van der Waals surface area contributed by atoms with Crippen LogP contribution in [0.2, 0.25) is 0 Å². The van der Waals surface area contributed by atoms with Crippen LogP contribution in [0.15, 0.2) is 83.7 Å². The van der Waals surface area contributed by atoms with Gasteiger partial charge in [0.25, 0.3) is 5.56 Å². The molecule has 0 fully saturated rings. The van der Waals surface area contributed by atoms with Crippen molar-refractivity contribution in [3.63, 3.8) is 0 Å². The van der Waals surface area contributed by atoms with E-state index in [-0.39, 0.29) is 5.56 Å². The summed E-state index contributed by atoms with van der Waals surface area (Å²) < 4.78 is 7.04. The highest BCUT2D eigenvalue weighted by molar-refractivity contribution is 5.93. The first-order valence-corrected chi connectivity index (χ1v) is 9.81. The van der Waals surface area contributed by atoms with Crippen LogP contribution < -0.4 is 15.6 Å². The molecule has 146 valence electrons. The summed E-state index contributed by atoms with van der Waals surface area (Å²) in [5.41, 5.74) is 3.86. The van der Waals surface area contributed by atoms with Crippen LogP contribution in [0, 0.1) is 0 Å². The van der Waals surface area contributed by atoms with E-state index in [2.05, 4.69) is 18.3 Å². The molecule has 4 aromatic rings. The largest absolute Gasteiger partial charge is 0.497 e. The van der Waals surface area contributed by atoms with E-state index in [1.807, 2.05) is 77.4 Å². The summed E-state index contributed by atoms with van der Waals surface area (Å²) in [6.07, 6.45) is 0.781. The van der Waals surface area contributed by atoms with E-state index < -0.39 is 0 Å². The summed E-state index contributed by atoms with van der Waals surface area (Å²) in [6, 6.07) is 25.8. The number of nitrogens with one attached hydrogen (secondary N) is 1. The third-order valence-electron chi connectivity index (χ3n) is 5.14. The molecule has 0 atom stereocenters. The Kier molecular flexibility index (Phi) is 5.34. The van der Waals surface area contributed by atoms with Crippen molar-refractivity contribution in [1.29, 1.82) is 0 Å². The molecule has 4 heteroatoms. The molecule has 1 heterocycles. The molecule has 0 saturated heterocycles. The Bertz CT molecular complexity index is 1180. The van der Waals surface area contributed by atoms with Gasteiger partial charge in [0.2, 0.25) is 0 Å². The minimum atomic E-state index is 0.00313. The first-order valence-electron chi connectivity index (χ1n) is 9.81. The smallest absolute Gasteiger partial charge is 0.265 e. The number of aryl methyl sites for hydroxylation is 1. The van der Waals surface area contributed by atoms with Crippen LogP contribution in [-0.4, -0.2) is 11.7 Å². The van der Waals surface area contributed by atoms with Crippen LogP contribution in [0.4, 0.5) is 5.69 Å². The predicted molar refractivity (Wildman–Crippen MR) is 119 cm³/mol. The Morgan fingerprint density at radius 3 is 2.38 bits per heavy atom. The van der Waals surface area contributed by atoms with E-state index in [9.17, 15) is 4.79 Å². The first-order chi connectivity index (χ1) is 14.2. The molecule has 1 N–H and O–H groups in total. The first kappa shape index (κ1) is 18.8. The van der Waals surface area contributed by atoms with Gasteiger partial charge in [-0.2, -0.15) is 0 Å². The minimum absolute atomic E-state index is 0.00313. The summed E-state index contributed by atoms with van der Waals surface area (Å²) in [7, 11) is 1.66. The van der Waals surface area contributed by atoms with Gasteiger partial charge in [-0.15, -0.1) is 0 Å². The molecule has 0 aliphatic heterocycles. The van der Waals surface area contributed by atoms with Crippen molar-refractivity contribution >= 4 is 16.5 Å². The molecule has 0 aliphatic carbocycles. The maximum atomic E-state index is 13.5. The van der Waals surface area contributed by atoms with E-state index >= 15 is 0 Å². The quantitative estimate of drug-likeness (QED) is 0.498. The average Bonchev–Trinajstić information content (AvgIpc) is 2.78. The fourth-order valence-corrected chi connectivity index (χ4v) is 3.62. The van der Waals surface area contributed by atoms with Gasteiger partial charge >= 0.3 is 0 Å². The second kappa shape index (κ2) is 8.23. The van der Waals surface area contributed by atoms with Crippen LogP contribution in [0.25, 0.3) is 16.5 Å². The number of benzene rings is 3. The van der Waals surface area contributed by atoms with E-state index in [1.165, 1.54) is 0 Å². The fourth-order valence-electron chi connectivity index (χ4n) is 3.62. The van der Waals surface area contributed by atoms with E-state index in [0.717, 1.165) is 40.2 Å². The zero-order chi connectivity index (χ0) is 20.2. The van der Waals surface area contributed by atoms with Gasteiger partial charge in [-0.05, 0) is 53.8 Å². The van der Waals surface area contributed by atoms with Gasteiger partial charge in [0.1, 0.15) is 5.75 Å². The number of fused-ring (bicyclic) bond motifs is 1.